The highest BCUT2D eigenvalue weighted by Gasteiger charge is 2.32. The maximum Gasteiger partial charge on any atom is 0.305 e. The van der Waals surface area contributed by atoms with Crippen LogP contribution in [0.1, 0.15) is 74.8 Å². The molecular formula is C62H88N14O7S2. The second-order valence-corrected chi connectivity index (χ2v) is 24.2. The zero-order valence-electron chi connectivity index (χ0n) is 49.9. The first-order valence-corrected chi connectivity index (χ1v) is 32.5. The lowest BCUT2D eigenvalue weighted by Gasteiger charge is -2.30. The maximum atomic E-state index is 13.3. The predicted octanol–water partition coefficient (Wildman–Crippen LogP) is 6.70. The van der Waals surface area contributed by atoms with Crippen molar-refractivity contribution in [3.63, 3.8) is 0 Å². The highest BCUT2D eigenvalue weighted by Crippen LogP contribution is 2.39. The van der Waals surface area contributed by atoms with Crippen LogP contribution in [0.3, 0.4) is 0 Å². The van der Waals surface area contributed by atoms with Gasteiger partial charge in [0.25, 0.3) is 0 Å². The van der Waals surface area contributed by atoms with Gasteiger partial charge < -0.3 is 64.5 Å². The van der Waals surface area contributed by atoms with Gasteiger partial charge in [-0.1, -0.05) is 12.1 Å². The zero-order valence-corrected chi connectivity index (χ0v) is 51.5. The molecule has 6 saturated heterocycles. The van der Waals surface area contributed by atoms with Gasteiger partial charge >= 0.3 is 5.97 Å². The lowest BCUT2D eigenvalue weighted by atomic mass is 10.1. The Morgan fingerprint density at radius 1 is 0.576 bits per heavy atom. The summed E-state index contributed by atoms with van der Waals surface area (Å²) in [4.78, 5) is 63.3. The topological polar surface area (TPSA) is 207 Å². The molecule has 6 aliphatic rings. The number of aromatic nitrogens is 4. The van der Waals surface area contributed by atoms with Gasteiger partial charge in [-0.2, -0.15) is 0 Å². The van der Waals surface area contributed by atoms with E-state index in [4.69, 9.17) is 39.6 Å². The first-order chi connectivity index (χ1) is 41.8. The molecule has 12 rings (SSSR count). The minimum atomic E-state index is -0.808. The van der Waals surface area contributed by atoms with E-state index in [9.17, 15) is 14.7 Å². The average molecular weight is 1210 g/mol. The molecule has 0 spiro atoms. The number of carboxylic acids is 1. The first kappa shape index (κ1) is 62.0. The Bertz CT molecular complexity index is 3040. The third-order valence-corrected chi connectivity index (χ3v) is 18.9. The van der Waals surface area contributed by atoms with Crippen LogP contribution in [0.2, 0.25) is 0 Å². The minimum absolute atomic E-state index is 0.0332. The third kappa shape index (κ3) is 16.5. The summed E-state index contributed by atoms with van der Waals surface area (Å²) >= 11 is 3.27. The number of carbonyl (C=O) groups is 2. The highest BCUT2D eigenvalue weighted by atomic mass is 32.1. The number of anilines is 4. The molecule has 6 aliphatic heterocycles. The van der Waals surface area contributed by atoms with E-state index in [0.29, 0.717) is 26.2 Å². The number of benzene rings is 2. The van der Waals surface area contributed by atoms with Gasteiger partial charge in [0.1, 0.15) is 22.9 Å². The molecule has 6 fully saturated rings. The van der Waals surface area contributed by atoms with Crippen LogP contribution in [0.15, 0.2) is 71.7 Å². The van der Waals surface area contributed by atoms with E-state index >= 15 is 0 Å². The summed E-state index contributed by atoms with van der Waals surface area (Å²) in [6.07, 6.45) is 11.3. The number of fused-ring (bicyclic) bond motifs is 2. The highest BCUT2D eigenvalue weighted by molar-refractivity contribution is 7.14. The second-order valence-electron chi connectivity index (χ2n) is 22.5. The van der Waals surface area contributed by atoms with Crippen molar-refractivity contribution in [1.82, 2.24) is 44.9 Å². The molecule has 0 aliphatic carbocycles. The molecule has 2 unspecified atom stereocenters. The van der Waals surface area contributed by atoms with E-state index in [2.05, 4.69) is 73.1 Å². The van der Waals surface area contributed by atoms with Crippen LogP contribution in [0.4, 0.5) is 21.6 Å². The van der Waals surface area contributed by atoms with Crippen molar-refractivity contribution in [2.45, 2.75) is 63.5 Å². The number of carboxylic acid groups (broad SMARTS) is 1. The van der Waals surface area contributed by atoms with E-state index in [1.165, 1.54) is 38.8 Å². The number of pyridine rings is 2. The fourth-order valence-corrected chi connectivity index (χ4v) is 14.4. The molecule has 21 nitrogen and oxygen atoms in total. The lowest BCUT2D eigenvalue weighted by Crippen LogP contribution is -2.39. The van der Waals surface area contributed by atoms with E-state index in [0.717, 1.165) is 204 Å². The number of morpholine rings is 2. The number of rotatable bonds is 19. The number of nitrogens with two attached hydrogens (primary N) is 1. The number of hydrogen-bond donors (Lipinski definition) is 3. The van der Waals surface area contributed by atoms with Gasteiger partial charge in [-0.3, -0.25) is 29.4 Å². The summed E-state index contributed by atoms with van der Waals surface area (Å²) in [5.74, 6) is 0.942. The van der Waals surface area contributed by atoms with Crippen LogP contribution in [0, 0.1) is 0 Å². The summed E-state index contributed by atoms with van der Waals surface area (Å²) in [6, 6.07) is 15.9. The number of ether oxygens (including phenoxy) is 4. The zero-order chi connectivity index (χ0) is 58.7. The lowest BCUT2D eigenvalue weighted by molar-refractivity contribution is -0.138. The number of aliphatic carboxylic acids is 1. The van der Waals surface area contributed by atoms with Gasteiger partial charge in [-0.25, -0.2) is 9.97 Å². The number of hydrogen-bond acceptors (Lipinski definition) is 21. The molecular weight excluding hydrogens is 1120 g/mol. The Hall–Kier alpha value is -6.02. The van der Waals surface area contributed by atoms with Crippen molar-refractivity contribution < 1.29 is 33.6 Å². The van der Waals surface area contributed by atoms with Crippen LogP contribution in [-0.2, 0) is 19.1 Å². The van der Waals surface area contributed by atoms with Gasteiger partial charge in [0, 0.05) is 145 Å². The molecule has 1 amide bonds. The average Bonchev–Trinajstić information content (AvgIpc) is 4.39. The fraction of sp³-hybridized carbons (Fsp3) is 0.581. The number of thiazole rings is 2. The van der Waals surface area contributed by atoms with E-state index in [-0.39, 0.29) is 24.4 Å². The summed E-state index contributed by atoms with van der Waals surface area (Å²) in [5.41, 5.74) is 11.2. The number of nitrogens with one attached hydrogen (secondary N) is 1. The molecule has 6 aromatic rings. The van der Waals surface area contributed by atoms with Crippen molar-refractivity contribution in [2.75, 3.05) is 191 Å². The number of likely N-dealkylation sites (tertiary alicyclic amines) is 2. The number of carbonyl (C=O) groups excluding carboxylic acids is 1. The molecule has 0 radical (unpaired) electrons. The standard InChI is InChI=1S/C31H43N7O3S.C25H31N5O4S.C6H14N2/c1-40-27-8-7-24-6-4-9-33-29(24)30(27)37-14-5-13-36(16-17-37)26(22-28(39)32-10-15-35-11-2-3-12-35)25-23-42-31(34-25)38-18-20-41-21-19-38;1-33-21-6-5-18-4-2-7-26-23(18)24(21)29-9-3-8-28(10-11-29)20(16-22(31)32)19-17-35-25(27-19)30-12-14-34-15-13-30;7-3-6-8-4-1-2-5-8/h4,6-9,23,26H,2-3,5,10-22H2,1H3,(H,32,39);2,4-7,17,20H,3,8-16H2,1H3,(H,31,32);1-7H2. The smallest absolute Gasteiger partial charge is 0.305 e. The van der Waals surface area contributed by atoms with Crippen LogP contribution in [-0.4, -0.2) is 228 Å². The van der Waals surface area contributed by atoms with Gasteiger partial charge in [0.05, 0.1) is 81.6 Å². The van der Waals surface area contributed by atoms with Crippen molar-refractivity contribution in [3.8, 4) is 11.5 Å². The number of amides is 1. The summed E-state index contributed by atoms with van der Waals surface area (Å²) in [6.45, 7) is 21.1. The van der Waals surface area contributed by atoms with Crippen LogP contribution in [0.25, 0.3) is 21.8 Å². The van der Waals surface area contributed by atoms with E-state index in [1.807, 2.05) is 48.1 Å². The van der Waals surface area contributed by atoms with E-state index in [1.54, 1.807) is 36.9 Å². The number of nitrogens with zero attached hydrogens (tertiary/aromatic N) is 12. The first-order valence-electron chi connectivity index (χ1n) is 30.8. The van der Waals surface area contributed by atoms with Crippen LogP contribution >= 0.6 is 22.7 Å². The van der Waals surface area contributed by atoms with Gasteiger partial charge in [0.15, 0.2) is 10.3 Å². The Balaban J connectivity index is 0.000000169. The normalized spacial score (nSPS) is 19.4. The van der Waals surface area contributed by atoms with Crippen LogP contribution in [0.5, 0.6) is 11.5 Å². The van der Waals surface area contributed by atoms with Crippen LogP contribution < -0.4 is 40.1 Å². The van der Waals surface area contributed by atoms with Gasteiger partial charge in [0.2, 0.25) is 5.91 Å². The van der Waals surface area contributed by atoms with E-state index < -0.39 is 5.97 Å². The predicted molar refractivity (Wildman–Crippen MR) is 339 cm³/mol. The Kier molecular flexibility index (Phi) is 23.0. The number of methoxy groups -OCH3 is 2. The Morgan fingerprint density at radius 2 is 1.05 bits per heavy atom. The monoisotopic (exact) mass is 1200 g/mol. The van der Waals surface area contributed by atoms with Crippen molar-refractivity contribution >= 4 is 78.0 Å². The largest absolute Gasteiger partial charge is 0.494 e. The summed E-state index contributed by atoms with van der Waals surface area (Å²) in [7, 11) is 3.42. The Morgan fingerprint density at radius 3 is 1.51 bits per heavy atom. The summed E-state index contributed by atoms with van der Waals surface area (Å²) in [5, 5.41) is 21.3. The molecule has 2 aromatic carbocycles. The van der Waals surface area contributed by atoms with Crippen molar-refractivity contribution in [2.24, 2.45) is 5.73 Å². The maximum absolute atomic E-state index is 13.3. The second kappa shape index (κ2) is 31.6. The van der Waals surface area contributed by atoms with Gasteiger partial charge in [-0.15, -0.1) is 22.7 Å². The quantitative estimate of drug-likeness (QED) is 0.0772. The molecule has 23 heteroatoms. The molecule has 2 atom stereocenters. The molecule has 0 bridgehead atoms. The molecule has 10 heterocycles. The molecule has 0 saturated carbocycles. The Labute approximate surface area is 509 Å². The summed E-state index contributed by atoms with van der Waals surface area (Å²) < 4.78 is 22.5. The molecule has 4 aromatic heterocycles. The SMILES string of the molecule is COc1ccc2cccnc2c1N1CCCN(C(CC(=O)NCCN2CCCC2)c2csc(N3CCOCC3)n2)CC1.COc1ccc2cccnc2c1N1CCCN(C(CC(=O)O)c2csc(N3CCOCC3)n2)CC1.NCCN1CCCC1. The van der Waals surface area contributed by atoms with Crippen molar-refractivity contribution in [1.29, 1.82) is 0 Å². The third-order valence-electron chi connectivity index (χ3n) is 17.0. The fourth-order valence-electron chi connectivity index (χ4n) is 12.6. The van der Waals surface area contributed by atoms with Crippen molar-refractivity contribution in [3.05, 3.63) is 83.1 Å². The molecule has 4 N–H and O–H groups in total. The molecule has 85 heavy (non-hydrogen) atoms. The minimum Gasteiger partial charge on any atom is -0.494 e. The molecule has 460 valence electrons. The van der Waals surface area contributed by atoms with Gasteiger partial charge in [-0.05, 0) is 101 Å².